The van der Waals surface area contributed by atoms with Crippen molar-refractivity contribution in [2.75, 3.05) is 84.4 Å². The van der Waals surface area contributed by atoms with Crippen LogP contribution in [0.3, 0.4) is 0 Å². The van der Waals surface area contributed by atoms with Crippen molar-refractivity contribution in [3.63, 3.8) is 0 Å². The van der Waals surface area contributed by atoms with Gasteiger partial charge in [0.25, 0.3) is 5.96 Å². The molecule has 1 heterocycles. The molecule has 13 aliphatic rings. The Kier molecular flexibility index (Phi) is 52.1. The number of guanidine groups is 4. The van der Waals surface area contributed by atoms with E-state index < -0.39 is 40.1 Å². The molecule has 12 aliphatic carbocycles. The van der Waals surface area contributed by atoms with E-state index in [1.807, 2.05) is 62.4 Å². The van der Waals surface area contributed by atoms with Crippen molar-refractivity contribution in [3.8, 4) is 0 Å². The predicted molar refractivity (Wildman–Crippen MR) is 559 cm³/mol. The Labute approximate surface area is 834 Å². The number of ether oxygens (including phenoxy) is 2. The van der Waals surface area contributed by atoms with Gasteiger partial charge < -0.3 is 88.0 Å². The molecule has 23 nitrogen and oxygen atoms in total. The second-order valence-electron chi connectivity index (χ2n) is 41.1. The number of nitrogens with one attached hydrogen (secondary N) is 1. The van der Waals surface area contributed by atoms with Gasteiger partial charge in [0.05, 0.1) is 80.7 Å². The van der Waals surface area contributed by atoms with Crippen LogP contribution in [0.5, 0.6) is 0 Å². The number of nitrogens with zero attached hydrogens (tertiary/aromatic N) is 5. The van der Waals surface area contributed by atoms with E-state index in [9.17, 15) is 44.4 Å². The number of rotatable bonds is 34. The third kappa shape index (κ3) is 41.1. The number of aliphatic imine (C=N–C) groups is 3. The zero-order chi connectivity index (χ0) is 100. The third-order valence-corrected chi connectivity index (χ3v) is 31.0. The summed E-state index contributed by atoms with van der Waals surface area (Å²) >= 11 is 0. The van der Waals surface area contributed by atoms with Crippen LogP contribution in [-0.4, -0.2) is 147 Å². The van der Waals surface area contributed by atoms with Gasteiger partial charge in [0.15, 0.2) is 20.6 Å². The van der Waals surface area contributed by atoms with Gasteiger partial charge in [0, 0.05) is 60.2 Å². The number of esters is 1. The monoisotopic (exact) mass is 1940 g/mol. The number of nitrogens with two attached hydrogens (primary N) is 6. The summed E-state index contributed by atoms with van der Waals surface area (Å²) in [5.41, 5.74) is 34.4. The van der Waals surface area contributed by atoms with Crippen molar-refractivity contribution >= 4 is 86.8 Å². The maximum Gasteiger partial charge on any atom is 0.316 e. The number of carboxylic acids is 4. The quantitative estimate of drug-likeness (QED) is 0.00493. The van der Waals surface area contributed by atoms with E-state index in [1.54, 1.807) is 18.2 Å². The SMILES string of the molecule is CCCCCCCCCCCC(=O)OCCN1CCOCC1.CCCC[N+](CCCC)(CCCC)CCCC.C[S+](C)C.Cc1ccccc1N=C(N)N=C(N)N.Cc1ccccc1N=C(N)[NH+]=C(N)N.O=C([O-])C12CC3CC(CC(C3)C1)C2.O=C([O-])C12CC3CC(CC(C3)C1)C2.O=C([O-])C12CC3CC(CC(C3)C1)C2.O=C([O-])c1ccccc1.c1ccc([S+](c2ccccc2)c2ccccc2)cc1. The fourth-order valence-corrected chi connectivity index (χ4v) is 25.2. The number of unbranched alkanes of at least 4 members (excludes halogenated alkanes) is 12. The van der Waals surface area contributed by atoms with E-state index in [1.165, 1.54) is 212 Å². The number of aryl methyl sites for hydroxylation is 2. The second-order valence-corrected chi connectivity index (χ2v) is 45.6. The molecule has 0 aromatic heterocycles. The Morgan fingerprint density at radius 1 is 0.420 bits per heavy atom. The summed E-state index contributed by atoms with van der Waals surface area (Å²) in [6, 6.07) is 55.4. The van der Waals surface area contributed by atoms with Crippen molar-refractivity contribution in [2.45, 2.75) is 294 Å². The number of aromatic carboxylic acids is 1. The lowest BCUT2D eigenvalue weighted by atomic mass is 9.49. The third-order valence-electron chi connectivity index (χ3n) is 28.8. The van der Waals surface area contributed by atoms with E-state index in [2.05, 4.69) is 169 Å². The first-order valence-corrected chi connectivity index (χ1v) is 55.6. The fraction of sp³-hybridized carbons (Fsp3) is 0.602. The van der Waals surface area contributed by atoms with Gasteiger partial charge in [-0.15, -0.1) is 4.99 Å². The lowest BCUT2D eigenvalue weighted by Gasteiger charge is -2.57. The normalized spacial score (nSPS) is 23.4. The lowest BCUT2D eigenvalue weighted by molar-refractivity contribution is -0.929. The summed E-state index contributed by atoms with van der Waals surface area (Å²) < 4.78 is 12.0. The number of aliphatic carboxylic acids is 3. The van der Waals surface area contributed by atoms with E-state index in [-0.39, 0.29) is 46.3 Å². The molecule has 6 aromatic rings. The van der Waals surface area contributed by atoms with Crippen LogP contribution in [-0.2, 0) is 50.4 Å². The molecule has 0 spiro atoms. The van der Waals surface area contributed by atoms with Crippen molar-refractivity contribution in [1.29, 1.82) is 0 Å². The van der Waals surface area contributed by atoms with Gasteiger partial charge in [-0.2, -0.15) is 4.99 Å². The van der Waals surface area contributed by atoms with Gasteiger partial charge >= 0.3 is 11.9 Å². The number of hydrogen-bond acceptors (Lipinski definition) is 14. The maximum atomic E-state index is 11.6. The van der Waals surface area contributed by atoms with Gasteiger partial charge in [-0.3, -0.25) is 9.69 Å². The number of carboxylic acid groups (broad SMARTS) is 4. The highest BCUT2D eigenvalue weighted by molar-refractivity contribution is 7.97. The summed E-state index contributed by atoms with van der Waals surface area (Å²) in [6.45, 7) is 26.0. The molecule has 25 heteroatoms. The molecule has 762 valence electrons. The van der Waals surface area contributed by atoms with Gasteiger partial charge in [-0.1, -0.05) is 233 Å². The minimum Gasteiger partial charge on any atom is -0.550 e. The summed E-state index contributed by atoms with van der Waals surface area (Å²) in [4.78, 5) is 75.8. The standard InChI is InChI=1S/C18H35NO3.C18H15S.C16H36N.3C11H16O2.2C9H13N5.C7H6O2.C3H9S/c1-2-3-4-5-6-7-8-9-10-11-18(20)22-17-14-19-12-15-21-16-13-19;1-4-10-16(11-5-1)19(17-12-6-2-7-13-17)18-14-8-3-9-15-18;1-5-9-13-17(14-10-6-2,15-11-7-3)16-12-8-4;3*12-10(13)11-4-7-1-8(5-11)3-9(2-7)6-11;2*1-6-4-2-3-5-7(6)13-9(12)14-8(10)11;8-7(9)6-4-2-1-3-5-6;1-4(2)3/h2-17H2,1H3;1-15H;5-16H2,1-4H3;3*7-9H,1-6H2,(H,12,13);2*2-5H,1H3,(H6,10,11,12,13,14);1-5H,(H,8,9);1-3H3/q;2*+1;;;;;;;+1/p-3. The van der Waals surface area contributed by atoms with Gasteiger partial charge in [-0.05, 0) is 291 Å². The first-order valence-electron chi connectivity index (χ1n) is 51.9. The molecule has 138 heavy (non-hydrogen) atoms. The van der Waals surface area contributed by atoms with Crippen molar-refractivity contribution in [3.05, 3.63) is 187 Å². The molecular weight excluding hydrogens is 1770 g/mol. The highest BCUT2D eigenvalue weighted by atomic mass is 32.2. The van der Waals surface area contributed by atoms with Crippen molar-refractivity contribution < 1.29 is 63.3 Å². The minimum atomic E-state index is -1.13. The summed E-state index contributed by atoms with van der Waals surface area (Å²) in [6.07, 6.45) is 49.7. The van der Waals surface area contributed by atoms with Crippen LogP contribution in [0.1, 0.15) is 287 Å². The predicted octanol–water partition coefficient (Wildman–Crippen LogP) is 15.5. The number of morpholine rings is 1. The Morgan fingerprint density at radius 3 is 1.01 bits per heavy atom. The number of quaternary nitrogens is 1. The molecule has 13 N–H and O–H groups in total. The molecule has 12 saturated carbocycles. The van der Waals surface area contributed by atoms with E-state index in [0.717, 1.165) is 126 Å². The summed E-state index contributed by atoms with van der Waals surface area (Å²) in [5.74, 6) is 3.14. The smallest absolute Gasteiger partial charge is 0.316 e. The molecule has 0 radical (unpaired) electrons. The molecule has 0 amide bonds. The lowest BCUT2D eigenvalue weighted by Crippen LogP contribution is -2.84. The van der Waals surface area contributed by atoms with Crippen LogP contribution in [0.4, 0.5) is 11.4 Å². The average Bonchev–Trinajstić information content (AvgIpc) is 0.752. The zero-order valence-electron chi connectivity index (χ0n) is 85.4. The Hall–Kier alpha value is -9.27. The molecule has 1 saturated heterocycles. The molecule has 6 aromatic carbocycles. The number of carbonyl (C=O) groups excluding carboxylic acids is 5. The van der Waals surface area contributed by atoms with Crippen LogP contribution in [0.2, 0.25) is 0 Å². The van der Waals surface area contributed by atoms with Crippen LogP contribution in [0.25, 0.3) is 0 Å². The van der Waals surface area contributed by atoms with Crippen molar-refractivity contribution in [2.24, 2.45) is 119 Å². The maximum absolute atomic E-state index is 11.6. The number of para-hydroxylation sites is 2. The molecular formula is C113H172N12O11S2. The average molecular weight is 1940 g/mol. The molecule has 19 rings (SSSR count). The van der Waals surface area contributed by atoms with E-state index in [0.29, 0.717) is 77.2 Å². The molecule has 13 fully saturated rings. The highest BCUT2D eigenvalue weighted by Crippen LogP contribution is 2.62. The summed E-state index contributed by atoms with van der Waals surface area (Å²) in [5, 5.41) is 43.5. The first-order chi connectivity index (χ1) is 66.3. The number of benzene rings is 6. The fourth-order valence-electron chi connectivity index (χ4n) is 23.1. The zero-order valence-corrected chi connectivity index (χ0v) is 87.0. The Bertz CT molecular complexity index is 4180. The Balaban J connectivity index is 0.000000212. The van der Waals surface area contributed by atoms with Crippen LogP contribution < -0.4 is 59.8 Å². The van der Waals surface area contributed by atoms with E-state index >= 15 is 0 Å². The van der Waals surface area contributed by atoms with Gasteiger partial charge in [0.1, 0.15) is 12.3 Å². The highest BCUT2D eigenvalue weighted by Gasteiger charge is 2.54. The number of carbonyl (C=O) groups is 5. The summed E-state index contributed by atoms with van der Waals surface area (Å²) in [7, 11) is 0.624. The molecule has 0 atom stereocenters. The number of hydrogen-bond donors (Lipinski definition) is 7. The van der Waals surface area contributed by atoms with Crippen LogP contribution >= 0.6 is 0 Å². The molecule has 1 aliphatic heterocycles. The van der Waals surface area contributed by atoms with Gasteiger partial charge in [0.2, 0.25) is 5.96 Å². The molecule has 0 unspecified atom stereocenters. The largest absolute Gasteiger partial charge is 0.550 e. The molecule has 12 bridgehead atoms. The topological polar surface area (TPSA) is 406 Å². The van der Waals surface area contributed by atoms with E-state index in [4.69, 9.17) is 43.9 Å². The van der Waals surface area contributed by atoms with Crippen LogP contribution in [0, 0.1) is 83.4 Å². The Morgan fingerprint density at radius 2 is 0.717 bits per heavy atom. The second kappa shape index (κ2) is 62.1. The van der Waals surface area contributed by atoms with Gasteiger partial charge in [-0.25, -0.2) is 9.98 Å². The first kappa shape index (κ1) is 116. The van der Waals surface area contributed by atoms with Crippen LogP contribution in [0.15, 0.2) is 200 Å². The minimum absolute atomic E-state index is 0.0146. The van der Waals surface area contributed by atoms with Crippen molar-refractivity contribution in [1.82, 2.24) is 4.90 Å².